The standard InChI is InChI=1S/C26H30N8O2S2/c1-31-13-15-37-25(31)29-27-21-7-5-19(17-23(21)35-3)33-9-11-34(12-10-33)20-6-8-22(24(18-20)36-4)28-30-26-32(2)14-16-38-26/h5-8,13-18H,9-12H2,1-4H3/q+2. The summed E-state index contributed by atoms with van der Waals surface area (Å²) in [5, 5.41) is 23.2. The van der Waals surface area contributed by atoms with Gasteiger partial charge in [0.25, 0.3) is 0 Å². The first-order valence-corrected chi connectivity index (χ1v) is 13.9. The van der Waals surface area contributed by atoms with E-state index in [2.05, 4.69) is 42.4 Å². The second-order valence-electron chi connectivity index (χ2n) is 8.68. The summed E-state index contributed by atoms with van der Waals surface area (Å²) < 4.78 is 15.1. The predicted molar refractivity (Wildman–Crippen MR) is 150 cm³/mol. The molecule has 0 amide bonds. The lowest BCUT2D eigenvalue weighted by molar-refractivity contribution is -0.654. The van der Waals surface area contributed by atoms with E-state index in [1.54, 1.807) is 36.9 Å². The Hall–Kier alpha value is -3.90. The summed E-state index contributed by atoms with van der Waals surface area (Å²) in [6.07, 6.45) is 3.92. The van der Waals surface area contributed by atoms with Crippen LogP contribution >= 0.6 is 22.7 Å². The quantitative estimate of drug-likeness (QED) is 0.210. The second kappa shape index (κ2) is 11.7. The molecule has 1 aliphatic heterocycles. The molecule has 1 fully saturated rings. The molecule has 0 atom stereocenters. The molecule has 0 aliphatic carbocycles. The lowest BCUT2D eigenvalue weighted by Gasteiger charge is -2.37. The van der Waals surface area contributed by atoms with E-state index in [1.807, 2.05) is 70.6 Å². The highest BCUT2D eigenvalue weighted by Crippen LogP contribution is 2.36. The van der Waals surface area contributed by atoms with Crippen LogP contribution in [0.2, 0.25) is 0 Å². The average molecular weight is 551 g/mol. The van der Waals surface area contributed by atoms with Gasteiger partial charge in [-0.25, -0.2) is 9.13 Å². The van der Waals surface area contributed by atoms with Crippen LogP contribution in [-0.4, -0.2) is 40.4 Å². The highest BCUT2D eigenvalue weighted by atomic mass is 32.1. The Morgan fingerprint density at radius 1 is 0.658 bits per heavy atom. The van der Waals surface area contributed by atoms with E-state index >= 15 is 0 Å². The molecule has 1 saturated heterocycles. The first kappa shape index (κ1) is 25.7. The summed E-state index contributed by atoms with van der Waals surface area (Å²) in [7, 11) is 7.23. The zero-order valence-corrected chi connectivity index (χ0v) is 23.4. The first-order chi connectivity index (χ1) is 18.6. The van der Waals surface area contributed by atoms with E-state index in [0.717, 1.165) is 47.8 Å². The van der Waals surface area contributed by atoms with Gasteiger partial charge in [0.15, 0.2) is 22.9 Å². The van der Waals surface area contributed by atoms with Gasteiger partial charge in [-0.15, -0.1) is 0 Å². The van der Waals surface area contributed by atoms with Gasteiger partial charge in [-0.2, -0.15) is 0 Å². The lowest BCUT2D eigenvalue weighted by Crippen LogP contribution is -2.46. The smallest absolute Gasteiger partial charge is 0.408 e. The zero-order valence-electron chi connectivity index (χ0n) is 21.8. The van der Waals surface area contributed by atoms with Crippen LogP contribution in [-0.2, 0) is 14.1 Å². The van der Waals surface area contributed by atoms with Crippen molar-refractivity contribution in [3.05, 3.63) is 59.6 Å². The van der Waals surface area contributed by atoms with Crippen molar-refractivity contribution in [2.45, 2.75) is 0 Å². The van der Waals surface area contributed by atoms with Gasteiger partial charge in [0, 0.05) is 60.4 Å². The van der Waals surface area contributed by atoms with Crippen LogP contribution in [0.4, 0.5) is 33.0 Å². The van der Waals surface area contributed by atoms with Crippen LogP contribution in [0.1, 0.15) is 0 Å². The number of anilines is 2. The highest BCUT2D eigenvalue weighted by Gasteiger charge is 2.21. The van der Waals surface area contributed by atoms with Gasteiger partial charge in [0.2, 0.25) is 0 Å². The fourth-order valence-corrected chi connectivity index (χ4v) is 5.52. The third-order valence-electron chi connectivity index (χ3n) is 6.34. The van der Waals surface area contributed by atoms with Crippen molar-refractivity contribution in [2.75, 3.05) is 50.2 Å². The van der Waals surface area contributed by atoms with Crippen molar-refractivity contribution in [3.8, 4) is 11.5 Å². The fraction of sp³-hybridized carbons (Fsp3) is 0.308. The van der Waals surface area contributed by atoms with Gasteiger partial charge in [-0.1, -0.05) is 0 Å². The molecule has 5 rings (SSSR count). The molecule has 0 spiro atoms. The van der Waals surface area contributed by atoms with E-state index in [9.17, 15) is 0 Å². The van der Waals surface area contributed by atoms with Crippen LogP contribution < -0.4 is 28.4 Å². The SMILES string of the molecule is COc1cc(N2CCN(c3ccc(/N=N/c4scc[n+]4C)c(OC)c3)CC2)ccc1/N=N/c1scc[n+]1C. The van der Waals surface area contributed by atoms with Gasteiger partial charge in [0.1, 0.15) is 12.4 Å². The molecule has 0 bridgehead atoms. The minimum absolute atomic E-state index is 0.707. The van der Waals surface area contributed by atoms with Crippen molar-refractivity contribution in [3.63, 3.8) is 0 Å². The zero-order chi connectivity index (χ0) is 26.5. The van der Waals surface area contributed by atoms with Crippen molar-refractivity contribution < 1.29 is 18.6 Å². The van der Waals surface area contributed by atoms with Crippen molar-refractivity contribution in [1.82, 2.24) is 0 Å². The first-order valence-electron chi connectivity index (χ1n) is 12.1. The summed E-state index contributed by atoms with van der Waals surface area (Å²) in [6.45, 7) is 3.53. The van der Waals surface area contributed by atoms with Crippen LogP contribution in [0, 0.1) is 0 Å². The van der Waals surface area contributed by atoms with Crippen LogP contribution in [0.15, 0.2) is 80.0 Å². The number of rotatable bonds is 8. The number of benzene rings is 2. The average Bonchev–Trinajstić information content (AvgIpc) is 3.57. The molecule has 0 radical (unpaired) electrons. The predicted octanol–water partition coefficient (Wildman–Crippen LogP) is 5.63. The number of ether oxygens (including phenoxy) is 2. The summed E-state index contributed by atoms with van der Waals surface area (Å²) in [4.78, 5) is 4.72. The van der Waals surface area contributed by atoms with Gasteiger partial charge in [-0.05, 0) is 57.2 Å². The monoisotopic (exact) mass is 550 g/mol. The second-order valence-corrected chi connectivity index (χ2v) is 10.4. The number of aromatic nitrogens is 2. The molecule has 0 N–H and O–H groups in total. The number of thiazole rings is 2. The number of hydrogen-bond acceptors (Lipinski definition) is 10. The number of aryl methyl sites for hydroxylation is 2. The molecular weight excluding hydrogens is 520 g/mol. The molecule has 4 aromatic rings. The molecule has 2 aromatic carbocycles. The molecule has 2 aromatic heterocycles. The van der Waals surface area contributed by atoms with Crippen molar-refractivity contribution >= 4 is 55.7 Å². The van der Waals surface area contributed by atoms with Gasteiger partial charge in [0.05, 0.1) is 38.5 Å². The van der Waals surface area contributed by atoms with E-state index in [0.29, 0.717) is 22.9 Å². The number of methoxy groups -OCH3 is 2. The van der Waals surface area contributed by atoms with E-state index in [4.69, 9.17) is 9.47 Å². The van der Waals surface area contributed by atoms with Gasteiger partial charge >= 0.3 is 10.3 Å². The maximum Gasteiger partial charge on any atom is 0.408 e. The molecule has 1 aliphatic rings. The maximum absolute atomic E-state index is 5.63. The highest BCUT2D eigenvalue weighted by molar-refractivity contribution is 7.13. The van der Waals surface area contributed by atoms with Crippen LogP contribution in [0.3, 0.4) is 0 Å². The maximum atomic E-state index is 5.63. The molecule has 12 heteroatoms. The van der Waals surface area contributed by atoms with E-state index < -0.39 is 0 Å². The number of azo groups is 2. The van der Waals surface area contributed by atoms with E-state index in [-0.39, 0.29) is 0 Å². The molecule has 38 heavy (non-hydrogen) atoms. The largest absolute Gasteiger partial charge is 0.494 e. The molecular formula is C26H30N8O2S2+2. The molecule has 0 unspecified atom stereocenters. The third kappa shape index (κ3) is 5.65. The lowest BCUT2D eigenvalue weighted by atomic mass is 10.2. The Balaban J connectivity index is 1.25. The molecule has 0 saturated carbocycles. The number of piperazine rings is 1. The Morgan fingerprint density at radius 3 is 1.42 bits per heavy atom. The van der Waals surface area contributed by atoms with Crippen molar-refractivity contribution in [1.29, 1.82) is 0 Å². The molecule has 10 nitrogen and oxygen atoms in total. The third-order valence-corrected chi connectivity index (χ3v) is 8.02. The fourth-order valence-electron chi connectivity index (χ4n) is 4.15. The van der Waals surface area contributed by atoms with Gasteiger partial charge in [-0.3, -0.25) is 0 Å². The number of hydrogen-bond donors (Lipinski definition) is 0. The number of nitrogens with zero attached hydrogens (tertiary/aromatic N) is 8. The summed E-state index contributed by atoms with van der Waals surface area (Å²) in [5.41, 5.74) is 3.63. The minimum atomic E-state index is 0.707. The Bertz CT molecular complexity index is 1350. The normalized spacial score (nSPS) is 14.1. The van der Waals surface area contributed by atoms with Crippen LogP contribution in [0.5, 0.6) is 11.5 Å². The minimum Gasteiger partial charge on any atom is -0.494 e. The van der Waals surface area contributed by atoms with E-state index in [1.165, 1.54) is 0 Å². The summed E-state index contributed by atoms with van der Waals surface area (Å²) in [5.74, 6) is 1.41. The molecule has 3 heterocycles. The Morgan fingerprint density at radius 2 is 1.08 bits per heavy atom. The van der Waals surface area contributed by atoms with Crippen molar-refractivity contribution in [2.24, 2.45) is 34.6 Å². The Kier molecular flexibility index (Phi) is 7.89. The topological polar surface area (TPSA) is 82.1 Å². The van der Waals surface area contributed by atoms with Crippen LogP contribution in [0.25, 0.3) is 0 Å². The summed E-state index contributed by atoms with van der Waals surface area (Å²) in [6, 6.07) is 12.2. The molecule has 196 valence electrons. The Labute approximate surface area is 229 Å². The van der Waals surface area contributed by atoms with Gasteiger partial charge < -0.3 is 19.3 Å². The summed E-state index contributed by atoms with van der Waals surface area (Å²) >= 11 is 3.08.